The average molecular weight is 237 g/mol. The van der Waals surface area contributed by atoms with Gasteiger partial charge in [-0.05, 0) is 32.9 Å². The minimum atomic E-state index is -3.35. The first-order valence-corrected chi connectivity index (χ1v) is 6.99. The highest BCUT2D eigenvalue weighted by molar-refractivity contribution is 7.85. The van der Waals surface area contributed by atoms with Gasteiger partial charge in [0.05, 0.1) is 25.1 Å². The first kappa shape index (κ1) is 12.9. The number of hydrogen-bond acceptors (Lipinski definition) is 5. The van der Waals surface area contributed by atoms with E-state index in [-0.39, 0.29) is 18.8 Å². The number of rotatable bonds is 5. The Morgan fingerprint density at radius 3 is 2.53 bits per heavy atom. The summed E-state index contributed by atoms with van der Waals surface area (Å²) in [5.41, 5.74) is 0. The van der Waals surface area contributed by atoms with E-state index < -0.39 is 10.1 Å². The molecule has 0 spiro atoms. The highest BCUT2D eigenvalue weighted by atomic mass is 32.2. The summed E-state index contributed by atoms with van der Waals surface area (Å²) in [6.07, 6.45) is 3.05. The molecule has 0 amide bonds. The Morgan fingerprint density at radius 1 is 1.40 bits per heavy atom. The van der Waals surface area contributed by atoms with E-state index in [9.17, 15) is 8.42 Å². The van der Waals surface area contributed by atoms with Crippen LogP contribution in [0.2, 0.25) is 0 Å². The molecule has 1 fully saturated rings. The number of ether oxygens (including phenoxy) is 1. The van der Waals surface area contributed by atoms with Gasteiger partial charge in [0.25, 0.3) is 10.1 Å². The lowest BCUT2D eigenvalue weighted by Crippen LogP contribution is -2.35. The van der Waals surface area contributed by atoms with Crippen LogP contribution in [0, 0.1) is 0 Å². The Bertz CT molecular complexity index is 272. The third kappa shape index (κ3) is 6.09. The van der Waals surface area contributed by atoms with Crippen LogP contribution >= 0.6 is 0 Å². The summed E-state index contributed by atoms with van der Waals surface area (Å²) >= 11 is 0. The Kier molecular flexibility index (Phi) is 4.98. The topological polar surface area (TPSA) is 64.6 Å². The van der Waals surface area contributed by atoms with Gasteiger partial charge in [-0.25, -0.2) is 0 Å². The van der Waals surface area contributed by atoms with Crippen molar-refractivity contribution in [2.45, 2.75) is 32.0 Å². The zero-order valence-electron chi connectivity index (χ0n) is 9.23. The lowest BCUT2D eigenvalue weighted by atomic mass is 10.1. The second-order valence-electron chi connectivity index (χ2n) is 3.88. The second-order valence-corrected chi connectivity index (χ2v) is 5.53. The molecular weight excluding hydrogens is 218 g/mol. The SMILES string of the molecule is C[C@@H](COS(C)(=O)=O)OC1CCNCC1. The minimum absolute atomic E-state index is 0.1000. The van der Waals surface area contributed by atoms with Gasteiger partial charge in [0.1, 0.15) is 0 Å². The van der Waals surface area contributed by atoms with Gasteiger partial charge >= 0.3 is 0 Å². The Balaban J connectivity index is 2.20. The van der Waals surface area contributed by atoms with E-state index >= 15 is 0 Å². The highest BCUT2D eigenvalue weighted by Gasteiger charge is 2.17. The fourth-order valence-corrected chi connectivity index (χ4v) is 1.96. The molecule has 0 aromatic heterocycles. The van der Waals surface area contributed by atoms with Crippen molar-refractivity contribution in [1.82, 2.24) is 5.32 Å². The number of nitrogens with one attached hydrogen (secondary N) is 1. The van der Waals surface area contributed by atoms with Crippen molar-refractivity contribution < 1.29 is 17.3 Å². The first-order valence-electron chi connectivity index (χ1n) is 5.18. The van der Waals surface area contributed by atoms with Gasteiger partial charge in [0, 0.05) is 0 Å². The van der Waals surface area contributed by atoms with Crippen LogP contribution in [0.5, 0.6) is 0 Å². The molecule has 0 unspecified atom stereocenters. The molecule has 0 radical (unpaired) electrons. The van der Waals surface area contributed by atoms with Crippen LogP contribution in [0.1, 0.15) is 19.8 Å². The maximum Gasteiger partial charge on any atom is 0.264 e. The van der Waals surface area contributed by atoms with Crippen molar-refractivity contribution in [3.63, 3.8) is 0 Å². The molecule has 0 saturated carbocycles. The van der Waals surface area contributed by atoms with Crippen LogP contribution in [-0.4, -0.2) is 46.6 Å². The second kappa shape index (κ2) is 5.79. The van der Waals surface area contributed by atoms with Crippen LogP contribution in [0.4, 0.5) is 0 Å². The van der Waals surface area contributed by atoms with Crippen molar-refractivity contribution in [2.24, 2.45) is 0 Å². The van der Waals surface area contributed by atoms with E-state index in [2.05, 4.69) is 9.50 Å². The molecular formula is C9H19NO4S. The van der Waals surface area contributed by atoms with E-state index in [4.69, 9.17) is 4.74 Å². The molecule has 0 bridgehead atoms. The van der Waals surface area contributed by atoms with Crippen LogP contribution in [0.15, 0.2) is 0 Å². The Labute approximate surface area is 91.3 Å². The summed E-state index contributed by atoms with van der Waals surface area (Å²) in [7, 11) is -3.35. The molecule has 0 aromatic carbocycles. The molecule has 90 valence electrons. The highest BCUT2D eigenvalue weighted by Crippen LogP contribution is 2.10. The van der Waals surface area contributed by atoms with Crippen molar-refractivity contribution in [3.8, 4) is 0 Å². The summed E-state index contributed by atoms with van der Waals surface area (Å²) in [5, 5.41) is 3.24. The molecule has 1 aliphatic heterocycles. The van der Waals surface area contributed by atoms with Crippen molar-refractivity contribution >= 4 is 10.1 Å². The molecule has 6 heteroatoms. The third-order valence-electron chi connectivity index (χ3n) is 2.23. The molecule has 5 nitrogen and oxygen atoms in total. The number of piperidine rings is 1. The molecule has 0 aromatic rings. The van der Waals surface area contributed by atoms with Crippen LogP contribution in [0.25, 0.3) is 0 Å². The summed E-state index contributed by atoms with van der Waals surface area (Å²) in [6, 6.07) is 0. The van der Waals surface area contributed by atoms with Crippen LogP contribution < -0.4 is 5.32 Å². The lowest BCUT2D eigenvalue weighted by molar-refractivity contribution is -0.0351. The molecule has 1 aliphatic rings. The van der Waals surface area contributed by atoms with E-state index in [0.29, 0.717) is 0 Å². The maximum absolute atomic E-state index is 10.7. The normalized spacial score (nSPS) is 21.5. The zero-order valence-corrected chi connectivity index (χ0v) is 10.0. The quantitative estimate of drug-likeness (QED) is 0.688. The predicted molar refractivity (Wildman–Crippen MR) is 57.2 cm³/mol. The van der Waals surface area contributed by atoms with Gasteiger partial charge < -0.3 is 10.1 Å². The van der Waals surface area contributed by atoms with E-state index in [1.54, 1.807) is 0 Å². The molecule has 1 heterocycles. The smallest absolute Gasteiger partial charge is 0.264 e. The molecule has 1 rings (SSSR count). The summed E-state index contributed by atoms with van der Waals surface area (Å²) in [5.74, 6) is 0. The van der Waals surface area contributed by atoms with Gasteiger partial charge in [-0.1, -0.05) is 0 Å². The monoisotopic (exact) mass is 237 g/mol. The Hall–Kier alpha value is -0.170. The molecule has 1 N–H and O–H groups in total. The lowest BCUT2D eigenvalue weighted by Gasteiger charge is -2.26. The van der Waals surface area contributed by atoms with E-state index in [1.807, 2.05) is 6.92 Å². The largest absolute Gasteiger partial charge is 0.373 e. The molecule has 1 atom stereocenters. The average Bonchev–Trinajstić information content (AvgIpc) is 2.15. The van der Waals surface area contributed by atoms with Gasteiger partial charge in [-0.3, -0.25) is 4.18 Å². The van der Waals surface area contributed by atoms with E-state index in [1.165, 1.54) is 0 Å². The number of hydrogen-bond donors (Lipinski definition) is 1. The standard InChI is InChI=1S/C9H19NO4S/c1-8(7-13-15(2,11)12)14-9-3-5-10-6-4-9/h8-10H,3-7H2,1-2H3/t8-/m0/s1. The summed E-state index contributed by atoms with van der Waals surface area (Å²) in [6.45, 7) is 3.85. The van der Waals surface area contributed by atoms with Crippen molar-refractivity contribution in [1.29, 1.82) is 0 Å². The van der Waals surface area contributed by atoms with Crippen LogP contribution in [-0.2, 0) is 19.0 Å². The molecule has 15 heavy (non-hydrogen) atoms. The summed E-state index contributed by atoms with van der Waals surface area (Å²) < 4.78 is 31.8. The molecule has 0 aliphatic carbocycles. The van der Waals surface area contributed by atoms with Crippen LogP contribution in [0.3, 0.4) is 0 Å². The van der Waals surface area contributed by atoms with Gasteiger partial charge in [-0.2, -0.15) is 8.42 Å². The van der Waals surface area contributed by atoms with Gasteiger partial charge in [-0.15, -0.1) is 0 Å². The minimum Gasteiger partial charge on any atom is -0.373 e. The van der Waals surface area contributed by atoms with Gasteiger partial charge in [0.2, 0.25) is 0 Å². The Morgan fingerprint density at radius 2 is 2.00 bits per heavy atom. The van der Waals surface area contributed by atoms with Crippen molar-refractivity contribution in [2.75, 3.05) is 26.0 Å². The van der Waals surface area contributed by atoms with Crippen molar-refractivity contribution in [3.05, 3.63) is 0 Å². The summed E-state index contributed by atoms with van der Waals surface area (Å²) in [4.78, 5) is 0. The van der Waals surface area contributed by atoms with Gasteiger partial charge in [0.15, 0.2) is 0 Å². The predicted octanol–water partition coefficient (Wildman–Crippen LogP) is 0.120. The maximum atomic E-state index is 10.7. The third-order valence-corrected chi connectivity index (χ3v) is 2.79. The molecule has 1 saturated heterocycles. The fourth-order valence-electron chi connectivity index (χ4n) is 1.52. The fraction of sp³-hybridized carbons (Fsp3) is 1.00. The van der Waals surface area contributed by atoms with E-state index in [0.717, 1.165) is 32.2 Å². The zero-order chi connectivity index (χ0) is 11.3. The first-order chi connectivity index (χ1) is 6.97.